The monoisotopic (exact) mass is 508 g/mol. The summed E-state index contributed by atoms with van der Waals surface area (Å²) in [6.45, 7) is 10.5. The molecule has 3 aromatic rings. The Balaban J connectivity index is 1.93. The van der Waals surface area contributed by atoms with Crippen LogP contribution >= 0.6 is 0 Å². The van der Waals surface area contributed by atoms with Gasteiger partial charge in [0.15, 0.2) is 5.88 Å². The molecule has 11 nitrogen and oxygen atoms in total. The van der Waals surface area contributed by atoms with E-state index in [-0.39, 0.29) is 25.1 Å². The van der Waals surface area contributed by atoms with E-state index in [0.717, 1.165) is 45.8 Å². The molecule has 4 rings (SSSR count). The highest BCUT2D eigenvalue weighted by Gasteiger charge is 2.23. The number of hydrogen-bond acceptors (Lipinski definition) is 9. The van der Waals surface area contributed by atoms with Crippen LogP contribution in [0.15, 0.2) is 34.8 Å². The molecule has 3 aromatic heterocycles. The Morgan fingerprint density at radius 2 is 2.16 bits per heavy atom. The number of allylic oxidation sites excluding steroid dienone is 1. The second-order valence-electron chi connectivity index (χ2n) is 8.97. The molecule has 1 aliphatic heterocycles. The van der Waals surface area contributed by atoms with Crippen molar-refractivity contribution in [1.29, 1.82) is 0 Å². The van der Waals surface area contributed by atoms with Crippen LogP contribution in [-0.4, -0.2) is 86.2 Å². The number of fused-ring (bicyclic) bond motifs is 3. The fourth-order valence-electron chi connectivity index (χ4n) is 4.50. The van der Waals surface area contributed by atoms with Crippen LogP contribution in [0.3, 0.4) is 0 Å². The molecular weight excluding hydrogens is 472 g/mol. The molecule has 0 radical (unpaired) electrons. The lowest BCUT2D eigenvalue weighted by atomic mass is 10.1. The van der Waals surface area contributed by atoms with Crippen LogP contribution in [0.25, 0.3) is 28.2 Å². The van der Waals surface area contributed by atoms with E-state index in [1.165, 1.54) is 0 Å². The van der Waals surface area contributed by atoms with Gasteiger partial charge in [-0.25, -0.2) is 4.68 Å². The zero-order valence-corrected chi connectivity index (χ0v) is 22.2. The average molecular weight is 509 g/mol. The molecule has 1 aliphatic rings. The number of ether oxygens (including phenoxy) is 2. The summed E-state index contributed by atoms with van der Waals surface area (Å²) in [6, 6.07) is 1.99. The van der Waals surface area contributed by atoms with Gasteiger partial charge in [0.2, 0.25) is 5.88 Å². The molecule has 4 heterocycles. The normalized spacial score (nSPS) is 20.4. The molecule has 2 bridgehead atoms. The number of aliphatic imine (C=N–C) groups is 1. The highest BCUT2D eigenvalue weighted by molar-refractivity contribution is 6.05. The van der Waals surface area contributed by atoms with Gasteiger partial charge >= 0.3 is 0 Å². The maximum absolute atomic E-state index is 9.51. The minimum Gasteiger partial charge on any atom is -0.479 e. The van der Waals surface area contributed by atoms with Gasteiger partial charge in [-0.15, -0.1) is 0 Å². The third-order valence-corrected chi connectivity index (χ3v) is 6.24. The summed E-state index contributed by atoms with van der Waals surface area (Å²) in [4.78, 5) is 11.6. The summed E-state index contributed by atoms with van der Waals surface area (Å²) in [5.41, 5.74) is 11.7. The maximum atomic E-state index is 9.51. The van der Waals surface area contributed by atoms with Crippen LogP contribution in [0.2, 0.25) is 0 Å². The zero-order chi connectivity index (χ0) is 26.5. The summed E-state index contributed by atoms with van der Waals surface area (Å²) >= 11 is 0. The molecule has 0 aromatic carbocycles. The summed E-state index contributed by atoms with van der Waals surface area (Å²) < 4.78 is 13.9. The Bertz CT molecular complexity index is 1340. The first-order valence-corrected chi connectivity index (χ1v) is 12.6. The third kappa shape index (κ3) is 5.67. The summed E-state index contributed by atoms with van der Waals surface area (Å²) in [5.74, 6) is 0.940. The first kappa shape index (κ1) is 26.4. The van der Waals surface area contributed by atoms with E-state index in [1.54, 1.807) is 10.9 Å². The highest BCUT2D eigenvalue weighted by atomic mass is 16.5. The van der Waals surface area contributed by atoms with Gasteiger partial charge in [-0.3, -0.25) is 20.0 Å². The van der Waals surface area contributed by atoms with E-state index in [0.29, 0.717) is 31.1 Å². The second-order valence-corrected chi connectivity index (χ2v) is 8.97. The Morgan fingerprint density at radius 3 is 2.89 bits per heavy atom. The topological polar surface area (TPSA) is 140 Å². The number of nitrogens with one attached hydrogen (secondary N) is 1. The third-order valence-electron chi connectivity index (χ3n) is 6.24. The average Bonchev–Trinajstić information content (AvgIpc) is 3.40. The first-order valence-electron chi connectivity index (χ1n) is 12.6. The minimum absolute atomic E-state index is 0.0664. The predicted molar refractivity (Wildman–Crippen MR) is 144 cm³/mol. The number of aryl methyl sites for hydroxylation is 2. The van der Waals surface area contributed by atoms with Gasteiger partial charge in [0.05, 0.1) is 65.4 Å². The van der Waals surface area contributed by atoms with Crippen molar-refractivity contribution in [2.45, 2.75) is 33.8 Å². The molecule has 0 amide bonds. The van der Waals surface area contributed by atoms with Crippen LogP contribution < -0.4 is 10.5 Å². The Morgan fingerprint density at radius 1 is 1.35 bits per heavy atom. The molecule has 37 heavy (non-hydrogen) atoms. The van der Waals surface area contributed by atoms with Gasteiger partial charge < -0.3 is 20.3 Å². The van der Waals surface area contributed by atoms with Crippen LogP contribution in [0, 0.1) is 6.92 Å². The SMILES string of the molecule is CCO/C(N)=C1\C=C\c2n[nH]c3cnc(cc23)-c2c(C)nn(C)c2OC(C)CN(CC)CC1=NCCO. The number of aliphatic hydroxyl groups excluding tert-OH is 1. The van der Waals surface area contributed by atoms with Crippen molar-refractivity contribution in [2.75, 3.05) is 39.4 Å². The number of nitrogens with two attached hydrogens (primary N) is 1. The number of pyridine rings is 1. The predicted octanol–water partition coefficient (Wildman–Crippen LogP) is 2.42. The number of rotatable bonds is 5. The van der Waals surface area contributed by atoms with Crippen molar-refractivity contribution >= 4 is 22.7 Å². The Hall–Kier alpha value is -3.70. The number of H-pyrrole nitrogens is 1. The minimum atomic E-state index is -0.154. The van der Waals surface area contributed by atoms with Crippen LogP contribution in [-0.2, 0) is 11.8 Å². The molecular formula is C26H36N8O3. The molecule has 4 N–H and O–H groups in total. The van der Waals surface area contributed by atoms with Gasteiger partial charge in [0.25, 0.3) is 0 Å². The maximum Gasteiger partial charge on any atom is 0.221 e. The molecule has 0 spiro atoms. The molecule has 0 saturated heterocycles. The number of hydrogen-bond donors (Lipinski definition) is 3. The van der Waals surface area contributed by atoms with Crippen LogP contribution in [0.5, 0.6) is 5.88 Å². The van der Waals surface area contributed by atoms with Gasteiger partial charge in [0.1, 0.15) is 6.10 Å². The summed E-state index contributed by atoms with van der Waals surface area (Å²) in [7, 11) is 1.88. The van der Waals surface area contributed by atoms with Gasteiger partial charge in [-0.1, -0.05) is 6.92 Å². The zero-order valence-electron chi connectivity index (χ0n) is 22.2. The van der Waals surface area contributed by atoms with Crippen LogP contribution in [0.1, 0.15) is 32.2 Å². The largest absolute Gasteiger partial charge is 0.479 e. The molecule has 0 fully saturated rings. The molecule has 1 unspecified atom stereocenters. The summed E-state index contributed by atoms with van der Waals surface area (Å²) in [5, 5.41) is 22.6. The quantitative estimate of drug-likeness (QED) is 0.447. The first-order chi connectivity index (χ1) is 17.9. The van der Waals surface area contributed by atoms with E-state index >= 15 is 0 Å². The van der Waals surface area contributed by atoms with Crippen LogP contribution in [0.4, 0.5) is 0 Å². The lowest BCUT2D eigenvalue weighted by Gasteiger charge is -2.26. The number of aromatic nitrogens is 5. The van der Waals surface area contributed by atoms with Crippen molar-refractivity contribution in [1.82, 2.24) is 29.9 Å². The highest BCUT2D eigenvalue weighted by Crippen LogP contribution is 2.34. The number of nitrogens with zero attached hydrogens (tertiary/aromatic N) is 6. The van der Waals surface area contributed by atoms with Crippen molar-refractivity contribution < 1.29 is 14.6 Å². The van der Waals surface area contributed by atoms with Crippen molar-refractivity contribution in [3.05, 3.63) is 41.2 Å². The molecule has 198 valence electrons. The van der Waals surface area contributed by atoms with E-state index < -0.39 is 0 Å². The lowest BCUT2D eigenvalue weighted by Crippen LogP contribution is -2.38. The molecule has 1 atom stereocenters. The number of aliphatic hydroxyl groups is 1. The molecule has 11 heteroatoms. The van der Waals surface area contributed by atoms with E-state index in [2.05, 4.69) is 37.1 Å². The van der Waals surface area contributed by atoms with Crippen molar-refractivity contribution in [3.8, 4) is 17.1 Å². The number of aromatic amines is 1. The molecule has 0 aliphatic carbocycles. The smallest absolute Gasteiger partial charge is 0.221 e. The van der Waals surface area contributed by atoms with Crippen molar-refractivity contribution in [3.63, 3.8) is 0 Å². The molecule has 0 saturated carbocycles. The van der Waals surface area contributed by atoms with E-state index in [1.807, 2.05) is 46.0 Å². The van der Waals surface area contributed by atoms with Crippen molar-refractivity contribution in [2.24, 2.45) is 17.8 Å². The fraction of sp³-hybridized carbons (Fsp3) is 0.462. The van der Waals surface area contributed by atoms with Gasteiger partial charge in [-0.05, 0) is 45.5 Å². The van der Waals surface area contributed by atoms with Gasteiger partial charge in [-0.2, -0.15) is 10.2 Å². The van der Waals surface area contributed by atoms with E-state index in [9.17, 15) is 5.11 Å². The summed E-state index contributed by atoms with van der Waals surface area (Å²) in [6.07, 6.45) is 5.39. The Labute approximate surface area is 216 Å². The Kier molecular flexibility index (Phi) is 8.24. The number of likely N-dealkylation sites (N-methyl/N-ethyl adjacent to an activating group) is 1. The van der Waals surface area contributed by atoms with Gasteiger partial charge in [0, 0.05) is 25.5 Å². The lowest BCUT2D eigenvalue weighted by molar-refractivity contribution is 0.149. The van der Waals surface area contributed by atoms with E-state index in [4.69, 9.17) is 15.2 Å². The fourth-order valence-corrected chi connectivity index (χ4v) is 4.50. The second kappa shape index (κ2) is 11.6. The standard InChI is InChI=1S/C26H36N8O3/c1-6-34-14-16(3)37-26-24(17(4)32-33(26)5)21-12-19-20(30-31-22(19)13-29-21)9-8-18(25(27)36-7-2)23(15-34)28-10-11-35/h8-9,12-13,16,35H,6-7,10-11,14-15,27H2,1-5H3,(H,30,31)/b9-8+,25-18+,28-23?.